The van der Waals surface area contributed by atoms with Crippen molar-refractivity contribution in [2.45, 2.75) is 26.7 Å². The summed E-state index contributed by atoms with van der Waals surface area (Å²) < 4.78 is 0. The summed E-state index contributed by atoms with van der Waals surface area (Å²) in [5.41, 5.74) is 1.05. The Morgan fingerprint density at radius 1 is 1.26 bits per heavy atom. The number of carbonyl (C=O) groups excluding carboxylic acids is 2. The molecule has 0 spiro atoms. The second-order valence-corrected chi connectivity index (χ2v) is 6.87. The normalized spacial score (nSPS) is 14.6. The number of nitrogens with one attached hydrogen (secondary N) is 1. The molecule has 126 valence electrons. The summed E-state index contributed by atoms with van der Waals surface area (Å²) in [6.45, 7) is 5.38. The first kappa shape index (κ1) is 17.5. The molecule has 1 aromatic rings. The van der Waals surface area contributed by atoms with Gasteiger partial charge in [0.1, 0.15) is 5.41 Å². The zero-order chi connectivity index (χ0) is 17.0. The van der Waals surface area contributed by atoms with Crippen molar-refractivity contribution in [3.05, 3.63) is 29.8 Å². The number of fused-ring (bicyclic) bond motifs is 1. The minimum atomic E-state index is -1.07. The number of nitrogens with zero attached hydrogens (tertiary/aromatic N) is 2. The first-order chi connectivity index (χ1) is 10.8. The van der Waals surface area contributed by atoms with Gasteiger partial charge < -0.3 is 15.1 Å². The van der Waals surface area contributed by atoms with Crippen molar-refractivity contribution in [3.8, 4) is 0 Å². The monoisotopic (exact) mass is 317 g/mol. The highest BCUT2D eigenvalue weighted by molar-refractivity contribution is 6.11. The van der Waals surface area contributed by atoms with Crippen LogP contribution in [0.15, 0.2) is 24.3 Å². The van der Waals surface area contributed by atoms with Gasteiger partial charge in [-0.3, -0.25) is 9.59 Å². The van der Waals surface area contributed by atoms with Gasteiger partial charge >= 0.3 is 0 Å². The lowest BCUT2D eigenvalue weighted by molar-refractivity contribution is -0.139. The number of aryl methyl sites for hydroxylation is 1. The SMILES string of the molecule is CN(C)CCNC(=O)C(C)(C)C(=O)N1CCCc2ccccc21. The number of hydrogen-bond acceptors (Lipinski definition) is 3. The summed E-state index contributed by atoms with van der Waals surface area (Å²) in [5.74, 6) is -0.348. The molecule has 23 heavy (non-hydrogen) atoms. The van der Waals surface area contributed by atoms with E-state index >= 15 is 0 Å². The molecule has 1 N–H and O–H groups in total. The molecule has 1 aliphatic heterocycles. The molecule has 0 bridgehead atoms. The minimum Gasteiger partial charge on any atom is -0.354 e. The maximum atomic E-state index is 13.0. The van der Waals surface area contributed by atoms with Crippen LogP contribution in [-0.2, 0) is 16.0 Å². The summed E-state index contributed by atoms with van der Waals surface area (Å²) >= 11 is 0. The first-order valence-corrected chi connectivity index (χ1v) is 8.17. The van der Waals surface area contributed by atoms with Crippen LogP contribution in [0.3, 0.4) is 0 Å². The average molecular weight is 317 g/mol. The summed E-state index contributed by atoms with van der Waals surface area (Å²) in [5, 5.41) is 2.87. The lowest BCUT2D eigenvalue weighted by atomic mass is 9.88. The molecule has 1 aliphatic rings. The number of benzene rings is 1. The second kappa shape index (κ2) is 7.13. The molecule has 0 atom stereocenters. The van der Waals surface area contributed by atoms with Crippen LogP contribution in [0.2, 0.25) is 0 Å². The van der Waals surface area contributed by atoms with Crippen molar-refractivity contribution >= 4 is 17.5 Å². The van der Waals surface area contributed by atoms with Crippen molar-refractivity contribution in [2.24, 2.45) is 5.41 Å². The highest BCUT2D eigenvalue weighted by Gasteiger charge is 2.40. The minimum absolute atomic E-state index is 0.132. The maximum Gasteiger partial charge on any atom is 0.242 e. The third kappa shape index (κ3) is 3.91. The fourth-order valence-electron chi connectivity index (χ4n) is 2.79. The fourth-order valence-corrected chi connectivity index (χ4v) is 2.79. The molecule has 1 aromatic carbocycles. The van der Waals surface area contributed by atoms with Gasteiger partial charge in [0.15, 0.2) is 0 Å². The number of rotatable bonds is 5. The van der Waals surface area contributed by atoms with Gasteiger partial charge in [-0.25, -0.2) is 0 Å². The average Bonchev–Trinajstić information content (AvgIpc) is 2.53. The zero-order valence-corrected chi connectivity index (χ0v) is 14.6. The molecule has 0 unspecified atom stereocenters. The Kier molecular flexibility index (Phi) is 5.42. The van der Waals surface area contributed by atoms with Crippen LogP contribution in [0.25, 0.3) is 0 Å². The fraction of sp³-hybridized carbons (Fsp3) is 0.556. The topological polar surface area (TPSA) is 52.7 Å². The standard InChI is InChI=1S/C18H27N3O2/c1-18(2,16(22)19-11-13-20(3)4)17(23)21-12-7-9-14-8-5-6-10-15(14)21/h5-6,8,10H,7,9,11-13H2,1-4H3,(H,19,22). The van der Waals surface area contributed by atoms with Crippen LogP contribution < -0.4 is 10.2 Å². The predicted molar refractivity (Wildman–Crippen MR) is 92.5 cm³/mol. The van der Waals surface area contributed by atoms with Crippen molar-refractivity contribution < 1.29 is 9.59 Å². The zero-order valence-electron chi connectivity index (χ0n) is 14.6. The van der Waals surface area contributed by atoms with Gasteiger partial charge in [0.05, 0.1) is 0 Å². The van der Waals surface area contributed by atoms with E-state index in [1.54, 1.807) is 18.7 Å². The van der Waals surface area contributed by atoms with E-state index in [4.69, 9.17) is 0 Å². The molecule has 0 fully saturated rings. The molecule has 2 rings (SSSR count). The lowest BCUT2D eigenvalue weighted by Crippen LogP contribution is -2.51. The molecular formula is C18H27N3O2. The summed E-state index contributed by atoms with van der Waals surface area (Å²) in [4.78, 5) is 29.2. The second-order valence-electron chi connectivity index (χ2n) is 6.87. The molecule has 0 aromatic heterocycles. The molecule has 0 saturated carbocycles. The van der Waals surface area contributed by atoms with Gasteiger partial charge in [0.2, 0.25) is 11.8 Å². The van der Waals surface area contributed by atoms with Crippen LogP contribution >= 0.6 is 0 Å². The van der Waals surface area contributed by atoms with Gasteiger partial charge in [-0.15, -0.1) is 0 Å². The summed E-state index contributed by atoms with van der Waals surface area (Å²) in [6.07, 6.45) is 1.91. The van der Waals surface area contributed by atoms with Gasteiger partial charge in [-0.1, -0.05) is 18.2 Å². The molecular weight excluding hydrogens is 290 g/mol. The van der Waals surface area contributed by atoms with Crippen LogP contribution in [0.4, 0.5) is 5.69 Å². The van der Waals surface area contributed by atoms with E-state index in [0.717, 1.165) is 25.1 Å². The Balaban J connectivity index is 2.11. The van der Waals surface area contributed by atoms with E-state index in [9.17, 15) is 9.59 Å². The third-order valence-corrected chi connectivity index (χ3v) is 4.30. The smallest absolute Gasteiger partial charge is 0.242 e. The van der Waals surface area contributed by atoms with E-state index in [1.165, 1.54) is 5.56 Å². The Bertz CT molecular complexity index is 581. The lowest BCUT2D eigenvalue weighted by Gasteiger charge is -2.35. The molecule has 2 amide bonds. The number of carbonyl (C=O) groups is 2. The summed E-state index contributed by atoms with van der Waals surface area (Å²) in [7, 11) is 3.90. The Labute approximate surface area is 138 Å². The van der Waals surface area contributed by atoms with Gasteiger partial charge in [-0.2, -0.15) is 0 Å². The molecule has 0 radical (unpaired) electrons. The molecule has 5 heteroatoms. The van der Waals surface area contributed by atoms with Gasteiger partial charge in [-0.05, 0) is 52.4 Å². The highest BCUT2D eigenvalue weighted by atomic mass is 16.2. The number of hydrogen-bond donors (Lipinski definition) is 1. The molecule has 0 aliphatic carbocycles. The Hall–Kier alpha value is -1.88. The van der Waals surface area contributed by atoms with E-state index in [1.807, 2.05) is 37.2 Å². The maximum absolute atomic E-state index is 13.0. The Morgan fingerprint density at radius 3 is 2.65 bits per heavy atom. The van der Waals surface area contributed by atoms with Gasteiger partial charge in [0.25, 0.3) is 0 Å². The Morgan fingerprint density at radius 2 is 1.96 bits per heavy atom. The van der Waals surface area contributed by atoms with E-state index in [0.29, 0.717) is 13.1 Å². The summed E-state index contributed by atoms with van der Waals surface area (Å²) in [6, 6.07) is 7.95. The quantitative estimate of drug-likeness (QED) is 0.841. The van der Waals surface area contributed by atoms with Crippen molar-refractivity contribution in [1.82, 2.24) is 10.2 Å². The van der Waals surface area contributed by atoms with E-state index in [-0.39, 0.29) is 11.8 Å². The highest BCUT2D eigenvalue weighted by Crippen LogP contribution is 2.31. The molecule has 5 nitrogen and oxygen atoms in total. The van der Waals surface area contributed by atoms with E-state index in [2.05, 4.69) is 11.4 Å². The third-order valence-electron chi connectivity index (χ3n) is 4.30. The number of para-hydroxylation sites is 1. The van der Waals surface area contributed by atoms with Crippen LogP contribution in [0.1, 0.15) is 25.8 Å². The van der Waals surface area contributed by atoms with E-state index < -0.39 is 5.41 Å². The molecule has 1 heterocycles. The first-order valence-electron chi connectivity index (χ1n) is 8.17. The van der Waals surface area contributed by atoms with Crippen LogP contribution in [0, 0.1) is 5.41 Å². The molecule has 0 saturated heterocycles. The van der Waals surface area contributed by atoms with Gasteiger partial charge in [0, 0.05) is 25.3 Å². The largest absolute Gasteiger partial charge is 0.354 e. The van der Waals surface area contributed by atoms with Crippen molar-refractivity contribution in [3.63, 3.8) is 0 Å². The number of likely N-dealkylation sites (N-methyl/N-ethyl adjacent to an activating group) is 1. The number of amides is 2. The van der Waals surface area contributed by atoms with Crippen LogP contribution in [0.5, 0.6) is 0 Å². The predicted octanol–water partition coefficient (Wildman–Crippen LogP) is 1.67. The van der Waals surface area contributed by atoms with Crippen LogP contribution in [-0.4, -0.2) is 50.4 Å². The van der Waals surface area contributed by atoms with Crippen molar-refractivity contribution in [1.29, 1.82) is 0 Å². The number of anilines is 1. The van der Waals surface area contributed by atoms with Crippen molar-refractivity contribution in [2.75, 3.05) is 38.6 Å².